The number of nitrogens with zero attached hydrogens (tertiary/aromatic N) is 1. The summed E-state index contributed by atoms with van der Waals surface area (Å²) >= 11 is 0. The van der Waals surface area contributed by atoms with Gasteiger partial charge in [-0.05, 0) is 45.7 Å². The lowest BCUT2D eigenvalue weighted by atomic mass is 9.96. The summed E-state index contributed by atoms with van der Waals surface area (Å²) in [7, 11) is 0. The molecule has 28 heavy (non-hydrogen) atoms. The van der Waals surface area contributed by atoms with Gasteiger partial charge in [0, 0.05) is 13.1 Å². The fraction of sp³-hybridized carbons (Fsp3) is 0.261. The van der Waals surface area contributed by atoms with E-state index in [2.05, 4.69) is 6.07 Å². The smallest absolute Gasteiger partial charge is 0.260 e. The molecule has 0 spiro atoms. The normalized spacial score (nSPS) is 14.2. The van der Waals surface area contributed by atoms with Crippen molar-refractivity contribution in [3.63, 3.8) is 0 Å². The van der Waals surface area contributed by atoms with Crippen LogP contribution in [0.25, 0.3) is 21.9 Å². The molecule has 1 heterocycles. The molecular weight excluding hydrogens is 354 g/mol. The highest BCUT2D eigenvalue weighted by atomic mass is 16.5. The van der Waals surface area contributed by atoms with Crippen LogP contribution in [-0.4, -0.2) is 48.8 Å². The first-order valence-corrected chi connectivity index (χ1v) is 9.46. The van der Waals surface area contributed by atoms with Gasteiger partial charge in [0.25, 0.3) is 5.91 Å². The van der Waals surface area contributed by atoms with Gasteiger partial charge in [0.15, 0.2) is 6.61 Å². The summed E-state index contributed by atoms with van der Waals surface area (Å²) in [5, 5.41) is 11.6. The van der Waals surface area contributed by atoms with Crippen LogP contribution in [0.15, 0.2) is 60.7 Å². The van der Waals surface area contributed by atoms with Crippen LogP contribution in [0, 0.1) is 0 Å². The van der Waals surface area contributed by atoms with Gasteiger partial charge in [-0.2, -0.15) is 0 Å². The molecule has 1 fully saturated rings. The van der Waals surface area contributed by atoms with Gasteiger partial charge in [-0.1, -0.05) is 42.5 Å². The summed E-state index contributed by atoms with van der Waals surface area (Å²) in [6, 6.07) is 19.8. The van der Waals surface area contributed by atoms with Crippen molar-refractivity contribution in [2.45, 2.75) is 6.61 Å². The van der Waals surface area contributed by atoms with Gasteiger partial charge in [-0.3, -0.25) is 4.79 Å². The molecule has 0 aliphatic carbocycles. The zero-order valence-electron chi connectivity index (χ0n) is 15.6. The van der Waals surface area contributed by atoms with Gasteiger partial charge in [0.05, 0.1) is 19.8 Å². The number of ether oxygens (including phenoxy) is 2. The fourth-order valence-corrected chi connectivity index (χ4v) is 3.49. The third kappa shape index (κ3) is 4.01. The van der Waals surface area contributed by atoms with Crippen molar-refractivity contribution in [2.24, 2.45) is 0 Å². The Morgan fingerprint density at radius 2 is 1.86 bits per heavy atom. The quantitative estimate of drug-likeness (QED) is 0.742. The predicted molar refractivity (Wildman–Crippen MR) is 108 cm³/mol. The van der Waals surface area contributed by atoms with Crippen LogP contribution in [0.5, 0.6) is 5.75 Å². The van der Waals surface area contributed by atoms with E-state index in [0.717, 1.165) is 27.5 Å². The van der Waals surface area contributed by atoms with Crippen molar-refractivity contribution in [1.82, 2.24) is 4.90 Å². The van der Waals surface area contributed by atoms with Crippen LogP contribution < -0.4 is 4.74 Å². The maximum atomic E-state index is 12.4. The summed E-state index contributed by atoms with van der Waals surface area (Å²) in [5.41, 5.74) is 2.88. The Hall–Kier alpha value is -2.89. The maximum Gasteiger partial charge on any atom is 0.260 e. The van der Waals surface area contributed by atoms with Crippen LogP contribution in [-0.2, 0) is 16.1 Å². The molecule has 1 saturated heterocycles. The minimum Gasteiger partial charge on any atom is -0.484 e. The van der Waals surface area contributed by atoms with E-state index in [1.807, 2.05) is 54.6 Å². The number of fused-ring (bicyclic) bond motifs is 1. The lowest BCUT2D eigenvalue weighted by Crippen LogP contribution is -2.42. The molecule has 5 heteroatoms. The van der Waals surface area contributed by atoms with E-state index in [9.17, 15) is 9.90 Å². The number of aliphatic hydroxyl groups is 1. The molecule has 3 aromatic carbocycles. The Morgan fingerprint density at radius 1 is 1.04 bits per heavy atom. The first kappa shape index (κ1) is 18.5. The molecule has 0 bridgehead atoms. The third-order valence-corrected chi connectivity index (χ3v) is 4.98. The molecule has 0 radical (unpaired) electrons. The number of rotatable bonds is 5. The summed E-state index contributed by atoms with van der Waals surface area (Å²) in [6.45, 7) is 2.38. The van der Waals surface area contributed by atoms with Crippen LogP contribution in [0.4, 0.5) is 0 Å². The topological polar surface area (TPSA) is 59.0 Å². The monoisotopic (exact) mass is 377 g/mol. The molecule has 0 aromatic heterocycles. The predicted octanol–water partition coefficient (Wildman–Crippen LogP) is 3.24. The average Bonchev–Trinajstić information content (AvgIpc) is 2.77. The van der Waals surface area contributed by atoms with E-state index in [-0.39, 0.29) is 19.1 Å². The largest absolute Gasteiger partial charge is 0.484 e. The molecule has 1 aliphatic rings. The lowest BCUT2D eigenvalue weighted by Gasteiger charge is -2.26. The number of carbonyl (C=O) groups is 1. The number of benzene rings is 3. The number of morpholine rings is 1. The Kier molecular flexibility index (Phi) is 5.55. The molecule has 1 amide bonds. The zero-order valence-corrected chi connectivity index (χ0v) is 15.6. The van der Waals surface area contributed by atoms with Gasteiger partial charge in [0.2, 0.25) is 0 Å². The van der Waals surface area contributed by atoms with Crippen molar-refractivity contribution >= 4 is 16.7 Å². The second-order valence-electron chi connectivity index (χ2n) is 6.83. The molecule has 4 rings (SSSR count). The molecule has 1 aliphatic heterocycles. The van der Waals surface area contributed by atoms with Gasteiger partial charge in [-0.25, -0.2) is 0 Å². The highest BCUT2D eigenvalue weighted by Gasteiger charge is 2.17. The number of carbonyl (C=O) groups excluding carboxylic acids is 1. The number of hydrogen-bond acceptors (Lipinski definition) is 4. The lowest BCUT2D eigenvalue weighted by molar-refractivity contribution is -0.137. The molecule has 0 saturated carbocycles. The van der Waals surface area contributed by atoms with Crippen molar-refractivity contribution in [3.8, 4) is 16.9 Å². The Bertz CT molecular complexity index is 979. The summed E-state index contributed by atoms with van der Waals surface area (Å²) < 4.78 is 11.2. The third-order valence-electron chi connectivity index (χ3n) is 4.98. The van der Waals surface area contributed by atoms with E-state index >= 15 is 0 Å². The fourth-order valence-electron chi connectivity index (χ4n) is 3.49. The van der Waals surface area contributed by atoms with Gasteiger partial charge >= 0.3 is 0 Å². The van der Waals surface area contributed by atoms with E-state index in [4.69, 9.17) is 9.47 Å². The highest BCUT2D eigenvalue weighted by molar-refractivity contribution is 5.98. The number of amides is 1. The van der Waals surface area contributed by atoms with Gasteiger partial charge in [-0.15, -0.1) is 0 Å². The first-order valence-electron chi connectivity index (χ1n) is 9.46. The second-order valence-corrected chi connectivity index (χ2v) is 6.83. The van der Waals surface area contributed by atoms with Gasteiger partial charge < -0.3 is 19.5 Å². The Balaban J connectivity index is 1.63. The minimum atomic E-state index is -0.0275. The first-order chi connectivity index (χ1) is 13.7. The molecule has 3 aromatic rings. The van der Waals surface area contributed by atoms with Crippen LogP contribution in [0.3, 0.4) is 0 Å². The molecule has 0 atom stereocenters. The van der Waals surface area contributed by atoms with Crippen LogP contribution >= 0.6 is 0 Å². The van der Waals surface area contributed by atoms with E-state index in [1.54, 1.807) is 4.90 Å². The van der Waals surface area contributed by atoms with E-state index in [0.29, 0.717) is 32.1 Å². The molecule has 1 N–H and O–H groups in total. The van der Waals surface area contributed by atoms with Crippen molar-refractivity contribution < 1.29 is 19.4 Å². The van der Waals surface area contributed by atoms with E-state index in [1.165, 1.54) is 0 Å². The molecule has 5 nitrogen and oxygen atoms in total. The molecule has 144 valence electrons. The van der Waals surface area contributed by atoms with Crippen LogP contribution in [0.1, 0.15) is 5.56 Å². The Morgan fingerprint density at radius 3 is 2.68 bits per heavy atom. The van der Waals surface area contributed by atoms with Crippen molar-refractivity contribution in [2.75, 3.05) is 32.9 Å². The van der Waals surface area contributed by atoms with Crippen molar-refractivity contribution in [3.05, 3.63) is 66.2 Å². The van der Waals surface area contributed by atoms with Crippen molar-refractivity contribution in [1.29, 1.82) is 0 Å². The summed E-state index contributed by atoms with van der Waals surface area (Å²) in [5.74, 6) is 0.630. The SMILES string of the molecule is O=C(COc1cc(-c2cccc(CO)c2)c2ccccc2c1)N1CCOCC1. The zero-order chi connectivity index (χ0) is 19.3. The number of hydrogen-bond donors (Lipinski definition) is 1. The maximum absolute atomic E-state index is 12.4. The summed E-state index contributed by atoms with van der Waals surface area (Å²) in [4.78, 5) is 14.2. The average molecular weight is 377 g/mol. The van der Waals surface area contributed by atoms with Crippen LogP contribution in [0.2, 0.25) is 0 Å². The minimum absolute atomic E-state index is 0.00395. The number of aliphatic hydroxyl groups excluding tert-OH is 1. The molecular formula is C23H23NO4. The summed E-state index contributed by atoms with van der Waals surface area (Å²) in [6.07, 6.45) is 0. The standard InChI is InChI=1S/C23H23NO4/c25-15-17-4-3-6-18(12-17)22-14-20(13-19-5-1-2-7-21(19)22)28-16-23(26)24-8-10-27-11-9-24/h1-7,12-14,25H,8-11,15-16H2. The Labute approximate surface area is 164 Å². The van der Waals surface area contributed by atoms with Gasteiger partial charge in [0.1, 0.15) is 5.75 Å². The molecule has 0 unspecified atom stereocenters. The highest BCUT2D eigenvalue weighted by Crippen LogP contribution is 2.33. The van der Waals surface area contributed by atoms with E-state index < -0.39 is 0 Å². The second kappa shape index (κ2) is 8.42.